The van der Waals surface area contributed by atoms with E-state index in [4.69, 9.17) is 10.5 Å². The van der Waals surface area contributed by atoms with Crippen LogP contribution in [0.25, 0.3) is 0 Å². The van der Waals surface area contributed by atoms with E-state index >= 15 is 0 Å². The molecular formula is C15H20N4O2. The minimum Gasteiger partial charge on any atom is -0.494 e. The van der Waals surface area contributed by atoms with Gasteiger partial charge in [-0.15, -0.1) is 0 Å². The lowest BCUT2D eigenvalue weighted by Gasteiger charge is -2.07. The van der Waals surface area contributed by atoms with Crippen molar-refractivity contribution in [1.29, 1.82) is 0 Å². The molecule has 0 saturated carbocycles. The maximum Gasteiger partial charge on any atom is 0.256 e. The second kappa shape index (κ2) is 6.78. The van der Waals surface area contributed by atoms with Gasteiger partial charge in [0.05, 0.1) is 18.0 Å². The second-order valence-electron chi connectivity index (χ2n) is 4.79. The van der Waals surface area contributed by atoms with E-state index in [2.05, 4.69) is 22.4 Å². The minimum absolute atomic E-state index is 0.256. The summed E-state index contributed by atoms with van der Waals surface area (Å²) in [7, 11) is 0. The average molecular weight is 288 g/mol. The highest BCUT2D eigenvalue weighted by Gasteiger charge is 2.12. The third-order valence-corrected chi connectivity index (χ3v) is 3.11. The first-order valence-corrected chi connectivity index (χ1v) is 6.96. The number of aromatic amines is 1. The van der Waals surface area contributed by atoms with Gasteiger partial charge in [0, 0.05) is 5.56 Å². The standard InChI is InChI=1S/C15H20N4O2/c1-3-4-9-21-12-7-5-11(6-8-12)15(20)17-14-13(16)10(2)18-19-14/h5-8H,3-4,9,16H2,1-2H3,(H2,17,18,19,20). The molecule has 0 atom stereocenters. The summed E-state index contributed by atoms with van der Waals surface area (Å²) in [5, 5.41) is 9.34. The molecule has 0 saturated heterocycles. The summed E-state index contributed by atoms with van der Waals surface area (Å²) in [6.45, 7) is 4.59. The van der Waals surface area contributed by atoms with E-state index in [0.717, 1.165) is 24.3 Å². The Balaban J connectivity index is 1.98. The number of nitrogen functional groups attached to an aromatic ring is 1. The van der Waals surface area contributed by atoms with E-state index < -0.39 is 0 Å². The fourth-order valence-electron chi connectivity index (χ4n) is 1.75. The first-order chi connectivity index (χ1) is 10.1. The normalized spacial score (nSPS) is 10.4. The lowest BCUT2D eigenvalue weighted by Crippen LogP contribution is -2.13. The number of amides is 1. The topological polar surface area (TPSA) is 93.0 Å². The molecule has 0 bridgehead atoms. The van der Waals surface area contributed by atoms with Crippen molar-refractivity contribution < 1.29 is 9.53 Å². The van der Waals surface area contributed by atoms with Crippen molar-refractivity contribution in [3.63, 3.8) is 0 Å². The monoisotopic (exact) mass is 288 g/mol. The van der Waals surface area contributed by atoms with E-state index in [1.165, 1.54) is 0 Å². The van der Waals surface area contributed by atoms with Crippen molar-refractivity contribution in [2.24, 2.45) is 0 Å². The number of H-pyrrole nitrogens is 1. The SMILES string of the molecule is CCCCOc1ccc(C(=O)Nc2n[nH]c(C)c2N)cc1. The molecule has 0 fully saturated rings. The lowest BCUT2D eigenvalue weighted by molar-refractivity contribution is 0.102. The predicted molar refractivity (Wildman–Crippen MR) is 82.5 cm³/mol. The van der Waals surface area contributed by atoms with E-state index in [1.54, 1.807) is 31.2 Å². The molecular weight excluding hydrogens is 268 g/mol. The van der Waals surface area contributed by atoms with Crippen molar-refractivity contribution in [3.8, 4) is 5.75 Å². The Bertz CT molecular complexity index is 605. The molecule has 0 radical (unpaired) electrons. The van der Waals surface area contributed by atoms with Gasteiger partial charge < -0.3 is 15.8 Å². The van der Waals surface area contributed by atoms with Gasteiger partial charge in [0.15, 0.2) is 5.82 Å². The Labute approximate surface area is 123 Å². The Morgan fingerprint density at radius 2 is 2.10 bits per heavy atom. The van der Waals surface area contributed by atoms with Gasteiger partial charge in [-0.25, -0.2) is 0 Å². The van der Waals surface area contributed by atoms with Crippen LogP contribution < -0.4 is 15.8 Å². The van der Waals surface area contributed by atoms with Gasteiger partial charge in [0.25, 0.3) is 5.91 Å². The summed E-state index contributed by atoms with van der Waals surface area (Å²) in [6.07, 6.45) is 2.10. The molecule has 6 heteroatoms. The van der Waals surface area contributed by atoms with Crippen LogP contribution in [0.1, 0.15) is 35.8 Å². The highest BCUT2D eigenvalue weighted by molar-refractivity contribution is 6.05. The molecule has 2 rings (SSSR count). The van der Waals surface area contributed by atoms with Gasteiger partial charge >= 0.3 is 0 Å². The Morgan fingerprint density at radius 1 is 1.38 bits per heavy atom. The van der Waals surface area contributed by atoms with E-state index in [1.807, 2.05) is 0 Å². The second-order valence-corrected chi connectivity index (χ2v) is 4.79. The Morgan fingerprint density at radius 3 is 2.67 bits per heavy atom. The number of anilines is 2. The fourth-order valence-corrected chi connectivity index (χ4v) is 1.75. The third kappa shape index (κ3) is 3.75. The van der Waals surface area contributed by atoms with Crippen LogP contribution in [-0.2, 0) is 0 Å². The van der Waals surface area contributed by atoms with Crippen molar-refractivity contribution in [1.82, 2.24) is 10.2 Å². The minimum atomic E-state index is -0.256. The maximum absolute atomic E-state index is 12.1. The van der Waals surface area contributed by atoms with Crippen molar-refractivity contribution in [3.05, 3.63) is 35.5 Å². The van der Waals surface area contributed by atoms with Crippen LogP contribution in [0.2, 0.25) is 0 Å². The van der Waals surface area contributed by atoms with Crippen LogP contribution in [0.15, 0.2) is 24.3 Å². The van der Waals surface area contributed by atoms with Crippen molar-refractivity contribution in [2.75, 3.05) is 17.7 Å². The molecule has 0 aliphatic rings. The molecule has 1 heterocycles. The zero-order valence-corrected chi connectivity index (χ0v) is 12.3. The van der Waals surface area contributed by atoms with Gasteiger partial charge in [-0.2, -0.15) is 5.10 Å². The number of aromatic nitrogens is 2. The van der Waals surface area contributed by atoms with Crippen molar-refractivity contribution in [2.45, 2.75) is 26.7 Å². The van der Waals surface area contributed by atoms with Crippen LogP contribution in [-0.4, -0.2) is 22.7 Å². The summed E-state index contributed by atoms with van der Waals surface area (Å²) in [4.78, 5) is 12.1. The van der Waals surface area contributed by atoms with Gasteiger partial charge in [0.2, 0.25) is 0 Å². The number of carbonyl (C=O) groups excluding carboxylic acids is 1. The lowest BCUT2D eigenvalue weighted by atomic mass is 10.2. The number of rotatable bonds is 6. The molecule has 1 aromatic heterocycles. The number of nitrogens with one attached hydrogen (secondary N) is 2. The predicted octanol–water partition coefficient (Wildman–Crippen LogP) is 2.73. The van der Waals surface area contributed by atoms with Crippen LogP contribution in [0, 0.1) is 6.92 Å². The third-order valence-electron chi connectivity index (χ3n) is 3.11. The van der Waals surface area contributed by atoms with Crippen LogP contribution >= 0.6 is 0 Å². The fraction of sp³-hybridized carbons (Fsp3) is 0.333. The molecule has 1 amide bonds. The number of aryl methyl sites for hydroxylation is 1. The molecule has 0 aliphatic carbocycles. The summed E-state index contributed by atoms with van der Waals surface area (Å²) in [5.41, 5.74) is 7.49. The summed E-state index contributed by atoms with van der Waals surface area (Å²) in [6, 6.07) is 6.99. The number of nitrogens with zero attached hydrogens (tertiary/aromatic N) is 1. The van der Waals surface area contributed by atoms with E-state index in [-0.39, 0.29) is 5.91 Å². The zero-order chi connectivity index (χ0) is 15.2. The first kappa shape index (κ1) is 14.9. The van der Waals surface area contributed by atoms with Crippen LogP contribution in [0.3, 0.4) is 0 Å². The number of benzene rings is 1. The molecule has 4 N–H and O–H groups in total. The maximum atomic E-state index is 12.1. The highest BCUT2D eigenvalue weighted by Crippen LogP contribution is 2.19. The summed E-state index contributed by atoms with van der Waals surface area (Å²) in [5.74, 6) is 0.851. The number of hydrogen-bond donors (Lipinski definition) is 3. The van der Waals surface area contributed by atoms with Gasteiger partial charge in [-0.3, -0.25) is 9.89 Å². The van der Waals surface area contributed by atoms with Gasteiger partial charge in [0.1, 0.15) is 5.75 Å². The molecule has 0 unspecified atom stereocenters. The highest BCUT2D eigenvalue weighted by atomic mass is 16.5. The number of carbonyl (C=O) groups is 1. The van der Waals surface area contributed by atoms with Gasteiger partial charge in [-0.05, 0) is 37.6 Å². The number of ether oxygens (including phenoxy) is 1. The number of unbranched alkanes of at least 4 members (excludes halogenated alkanes) is 1. The molecule has 0 aliphatic heterocycles. The average Bonchev–Trinajstić information content (AvgIpc) is 2.80. The Hall–Kier alpha value is -2.50. The summed E-state index contributed by atoms with van der Waals surface area (Å²) >= 11 is 0. The molecule has 112 valence electrons. The first-order valence-electron chi connectivity index (χ1n) is 6.96. The van der Waals surface area contributed by atoms with Crippen LogP contribution in [0.4, 0.5) is 11.5 Å². The molecule has 2 aromatic rings. The molecule has 6 nitrogen and oxygen atoms in total. The van der Waals surface area contributed by atoms with E-state index in [0.29, 0.717) is 23.7 Å². The Kier molecular flexibility index (Phi) is 4.81. The number of nitrogens with two attached hydrogens (primary N) is 1. The molecule has 1 aromatic carbocycles. The van der Waals surface area contributed by atoms with Crippen molar-refractivity contribution >= 4 is 17.4 Å². The number of hydrogen-bond acceptors (Lipinski definition) is 4. The van der Waals surface area contributed by atoms with Gasteiger partial charge in [-0.1, -0.05) is 13.3 Å². The quantitative estimate of drug-likeness (QED) is 0.712. The molecule has 21 heavy (non-hydrogen) atoms. The van der Waals surface area contributed by atoms with Crippen LogP contribution in [0.5, 0.6) is 5.75 Å². The van der Waals surface area contributed by atoms with E-state index in [9.17, 15) is 4.79 Å². The smallest absolute Gasteiger partial charge is 0.256 e. The largest absolute Gasteiger partial charge is 0.494 e. The summed E-state index contributed by atoms with van der Waals surface area (Å²) < 4.78 is 5.55. The molecule has 0 spiro atoms. The zero-order valence-electron chi connectivity index (χ0n) is 12.3.